The fourth-order valence-electron chi connectivity index (χ4n) is 2.48. The van der Waals surface area contributed by atoms with Crippen LogP contribution in [0.4, 0.5) is 0 Å². The number of phenolic OH excluding ortho intramolecular Hbond substituents is 2. The van der Waals surface area contributed by atoms with Gasteiger partial charge in [0, 0.05) is 12.1 Å². The van der Waals surface area contributed by atoms with E-state index in [1.807, 2.05) is 6.08 Å². The van der Waals surface area contributed by atoms with Crippen molar-refractivity contribution in [3.8, 4) is 17.2 Å². The van der Waals surface area contributed by atoms with Crippen molar-refractivity contribution in [1.82, 2.24) is 0 Å². The maximum atomic E-state index is 12.1. The minimum Gasteiger partial charge on any atom is -0.508 e. The Labute approximate surface area is 110 Å². The molecule has 3 rings (SSSR count). The molecular weight excluding hydrogens is 244 g/mol. The van der Waals surface area contributed by atoms with Crippen LogP contribution in [0.3, 0.4) is 0 Å². The topological polar surface area (TPSA) is 66.8 Å². The number of rotatable bonds is 1. The Bertz CT molecular complexity index is 598. The van der Waals surface area contributed by atoms with Crippen LogP contribution in [0, 0.1) is 5.92 Å². The van der Waals surface area contributed by atoms with Crippen LogP contribution in [0.15, 0.2) is 36.1 Å². The Balaban J connectivity index is 1.92. The van der Waals surface area contributed by atoms with E-state index in [0.717, 1.165) is 25.3 Å². The highest BCUT2D eigenvalue weighted by atomic mass is 16.5. The maximum Gasteiger partial charge on any atom is 0.235 e. The third-order valence-corrected chi connectivity index (χ3v) is 3.43. The second kappa shape index (κ2) is 4.46. The second-order valence-electron chi connectivity index (χ2n) is 4.84. The first kappa shape index (κ1) is 11.8. The average molecular weight is 258 g/mol. The summed E-state index contributed by atoms with van der Waals surface area (Å²) in [6, 6.07) is 2.49. The largest absolute Gasteiger partial charge is 0.508 e. The fraction of sp³-hybridized carbons (Fsp3) is 0.267. The van der Waals surface area contributed by atoms with E-state index in [-0.39, 0.29) is 40.3 Å². The summed E-state index contributed by atoms with van der Waals surface area (Å²) >= 11 is 0. The van der Waals surface area contributed by atoms with Crippen molar-refractivity contribution < 1.29 is 19.7 Å². The summed E-state index contributed by atoms with van der Waals surface area (Å²) in [6.45, 7) is 0. The summed E-state index contributed by atoms with van der Waals surface area (Å²) < 4.78 is 5.45. The number of fused-ring (bicyclic) bond motifs is 1. The predicted octanol–water partition coefficient (Wildman–Crippen LogP) is 2.91. The third kappa shape index (κ3) is 2.10. The zero-order valence-electron chi connectivity index (χ0n) is 10.3. The molecule has 0 bridgehead atoms. The zero-order chi connectivity index (χ0) is 13.4. The number of carbonyl (C=O) groups excluding carboxylic acids is 1. The molecular formula is C15H14O4. The van der Waals surface area contributed by atoms with Gasteiger partial charge in [-0.05, 0) is 31.3 Å². The minimum atomic E-state index is -0.318. The number of hydrogen-bond donors (Lipinski definition) is 2. The molecule has 1 aromatic rings. The van der Waals surface area contributed by atoms with Crippen LogP contribution in [0.2, 0.25) is 0 Å². The lowest BCUT2D eigenvalue weighted by atomic mass is 9.93. The molecule has 1 aliphatic carbocycles. The van der Waals surface area contributed by atoms with E-state index in [4.69, 9.17) is 4.74 Å². The molecule has 1 aromatic carbocycles. The van der Waals surface area contributed by atoms with Gasteiger partial charge in [-0.1, -0.05) is 12.2 Å². The Morgan fingerprint density at radius 3 is 2.84 bits per heavy atom. The molecule has 4 heteroatoms. The highest BCUT2D eigenvalue weighted by Crippen LogP contribution is 2.40. The van der Waals surface area contributed by atoms with Crippen LogP contribution in [-0.4, -0.2) is 16.0 Å². The summed E-state index contributed by atoms with van der Waals surface area (Å²) in [7, 11) is 0. The molecule has 0 amide bonds. The van der Waals surface area contributed by atoms with E-state index in [0.29, 0.717) is 0 Å². The molecule has 4 nitrogen and oxygen atoms in total. The SMILES string of the molecule is O=C1/C(=C/C2CC=CCC2)Oc2cc(O)cc(O)c21. The molecule has 2 aliphatic rings. The number of allylic oxidation sites excluding steroid dienone is 4. The molecule has 0 saturated carbocycles. The van der Waals surface area contributed by atoms with E-state index < -0.39 is 0 Å². The first-order valence-corrected chi connectivity index (χ1v) is 6.30. The summed E-state index contributed by atoms with van der Waals surface area (Å²) in [5.41, 5.74) is 0.135. The van der Waals surface area contributed by atoms with Crippen LogP contribution < -0.4 is 4.74 Å². The van der Waals surface area contributed by atoms with Gasteiger partial charge < -0.3 is 14.9 Å². The van der Waals surface area contributed by atoms with Crippen molar-refractivity contribution >= 4 is 5.78 Å². The predicted molar refractivity (Wildman–Crippen MR) is 69.3 cm³/mol. The number of ether oxygens (including phenoxy) is 1. The molecule has 98 valence electrons. The molecule has 2 N–H and O–H groups in total. The first-order valence-electron chi connectivity index (χ1n) is 6.30. The van der Waals surface area contributed by atoms with E-state index in [1.54, 1.807) is 0 Å². The van der Waals surface area contributed by atoms with E-state index >= 15 is 0 Å². The molecule has 0 spiro atoms. The van der Waals surface area contributed by atoms with Crippen molar-refractivity contribution in [1.29, 1.82) is 0 Å². The van der Waals surface area contributed by atoms with Crippen molar-refractivity contribution in [2.45, 2.75) is 19.3 Å². The summed E-state index contributed by atoms with van der Waals surface area (Å²) in [6.07, 6.45) is 8.94. The van der Waals surface area contributed by atoms with Crippen LogP contribution in [0.5, 0.6) is 17.2 Å². The van der Waals surface area contributed by atoms with Gasteiger partial charge in [0.05, 0.1) is 0 Å². The first-order chi connectivity index (χ1) is 9.15. The lowest BCUT2D eigenvalue weighted by Gasteiger charge is -2.13. The summed E-state index contributed by atoms with van der Waals surface area (Å²) in [5.74, 6) is 0.0743. The number of hydrogen-bond acceptors (Lipinski definition) is 4. The molecule has 0 radical (unpaired) electrons. The van der Waals surface area contributed by atoms with Gasteiger partial charge in [0.15, 0.2) is 5.76 Å². The Hall–Kier alpha value is -2.23. The van der Waals surface area contributed by atoms with Crippen molar-refractivity contribution in [2.24, 2.45) is 5.92 Å². The van der Waals surface area contributed by atoms with Crippen LogP contribution in [0.25, 0.3) is 0 Å². The Morgan fingerprint density at radius 2 is 2.11 bits per heavy atom. The normalized spacial score (nSPS) is 23.5. The van der Waals surface area contributed by atoms with Gasteiger partial charge in [0.1, 0.15) is 22.8 Å². The van der Waals surface area contributed by atoms with Crippen LogP contribution in [0.1, 0.15) is 29.6 Å². The fourth-order valence-corrected chi connectivity index (χ4v) is 2.48. The molecule has 1 heterocycles. The zero-order valence-corrected chi connectivity index (χ0v) is 10.3. The van der Waals surface area contributed by atoms with E-state index in [9.17, 15) is 15.0 Å². The van der Waals surface area contributed by atoms with Crippen molar-refractivity contribution in [3.05, 3.63) is 41.7 Å². The van der Waals surface area contributed by atoms with Gasteiger partial charge in [-0.3, -0.25) is 4.79 Å². The number of ketones is 1. The third-order valence-electron chi connectivity index (χ3n) is 3.43. The van der Waals surface area contributed by atoms with E-state index in [2.05, 4.69) is 12.2 Å². The molecule has 0 saturated heterocycles. The molecule has 19 heavy (non-hydrogen) atoms. The van der Waals surface area contributed by atoms with Crippen LogP contribution >= 0.6 is 0 Å². The number of benzene rings is 1. The van der Waals surface area contributed by atoms with Gasteiger partial charge in [-0.2, -0.15) is 0 Å². The van der Waals surface area contributed by atoms with E-state index in [1.165, 1.54) is 6.07 Å². The van der Waals surface area contributed by atoms with Gasteiger partial charge >= 0.3 is 0 Å². The lowest BCUT2D eigenvalue weighted by Crippen LogP contribution is -2.05. The Morgan fingerprint density at radius 1 is 1.26 bits per heavy atom. The summed E-state index contributed by atoms with van der Waals surface area (Å²) in [4.78, 5) is 12.1. The van der Waals surface area contributed by atoms with Gasteiger partial charge in [-0.25, -0.2) is 0 Å². The van der Waals surface area contributed by atoms with Crippen molar-refractivity contribution in [2.75, 3.05) is 0 Å². The summed E-state index contributed by atoms with van der Waals surface area (Å²) in [5, 5.41) is 19.1. The van der Waals surface area contributed by atoms with Gasteiger partial charge in [-0.15, -0.1) is 0 Å². The molecule has 0 aromatic heterocycles. The van der Waals surface area contributed by atoms with Gasteiger partial charge in [0.2, 0.25) is 5.78 Å². The second-order valence-corrected chi connectivity index (χ2v) is 4.84. The molecule has 0 fully saturated rings. The van der Waals surface area contributed by atoms with Crippen molar-refractivity contribution in [3.63, 3.8) is 0 Å². The number of Topliss-reactive ketones (excluding diaryl/α,β-unsaturated/α-hetero) is 1. The average Bonchev–Trinajstić information content (AvgIpc) is 2.67. The number of phenols is 2. The molecule has 1 aliphatic heterocycles. The maximum absolute atomic E-state index is 12.1. The van der Waals surface area contributed by atoms with Crippen LogP contribution in [-0.2, 0) is 0 Å². The molecule has 1 atom stereocenters. The minimum absolute atomic E-state index is 0.120. The number of carbonyl (C=O) groups is 1. The quantitative estimate of drug-likeness (QED) is 0.600. The molecule has 1 unspecified atom stereocenters. The smallest absolute Gasteiger partial charge is 0.235 e. The highest BCUT2D eigenvalue weighted by Gasteiger charge is 2.31. The monoisotopic (exact) mass is 258 g/mol. The lowest BCUT2D eigenvalue weighted by molar-refractivity contribution is 0.101. The highest BCUT2D eigenvalue weighted by molar-refractivity contribution is 6.14. The Kier molecular flexibility index (Phi) is 2.78. The van der Waals surface area contributed by atoms with Gasteiger partial charge in [0.25, 0.3) is 0 Å². The number of aromatic hydroxyl groups is 2. The standard InChI is InChI=1S/C15H14O4/c16-10-7-11(17)14-12(8-10)19-13(15(14)18)6-9-4-2-1-3-5-9/h1-2,6-9,16-17H,3-5H2/b13-6-.